The van der Waals surface area contributed by atoms with Gasteiger partial charge in [0.2, 0.25) is 0 Å². The van der Waals surface area contributed by atoms with E-state index in [0.717, 1.165) is 11.3 Å². The summed E-state index contributed by atoms with van der Waals surface area (Å²) in [5, 5.41) is 4.27. The first-order valence-electron chi connectivity index (χ1n) is 8.75. The number of hydrogen-bond acceptors (Lipinski definition) is 4. The van der Waals surface area contributed by atoms with Gasteiger partial charge in [-0.15, -0.1) is 0 Å². The van der Waals surface area contributed by atoms with Crippen LogP contribution in [0.2, 0.25) is 0 Å². The maximum atomic E-state index is 12.9. The van der Waals surface area contributed by atoms with Crippen LogP contribution in [-0.2, 0) is 30.2 Å². The monoisotopic (exact) mass is 355 g/mol. The minimum atomic E-state index is -0.431. The molecule has 1 aliphatic heterocycles. The van der Waals surface area contributed by atoms with Crippen molar-refractivity contribution >= 4 is 11.9 Å². The van der Waals surface area contributed by atoms with Crippen LogP contribution in [0.15, 0.2) is 24.3 Å². The van der Waals surface area contributed by atoms with Crippen LogP contribution in [0.3, 0.4) is 0 Å². The molecule has 2 heterocycles. The molecule has 0 saturated carbocycles. The molecule has 26 heavy (non-hydrogen) atoms. The van der Waals surface area contributed by atoms with Gasteiger partial charge in [0.15, 0.2) is 5.69 Å². The van der Waals surface area contributed by atoms with Crippen molar-refractivity contribution in [2.24, 2.45) is 7.05 Å². The van der Waals surface area contributed by atoms with Gasteiger partial charge in [-0.05, 0) is 29.5 Å². The molecule has 0 N–H and O–H groups in total. The van der Waals surface area contributed by atoms with Crippen molar-refractivity contribution in [1.29, 1.82) is 0 Å². The minimum absolute atomic E-state index is 0.00285. The van der Waals surface area contributed by atoms with Gasteiger partial charge < -0.3 is 9.64 Å². The van der Waals surface area contributed by atoms with E-state index in [2.05, 4.69) is 25.9 Å². The minimum Gasteiger partial charge on any atom is -0.464 e. The number of carbonyl (C=O) groups excluding carboxylic acids is 2. The van der Waals surface area contributed by atoms with E-state index >= 15 is 0 Å². The number of amides is 1. The van der Waals surface area contributed by atoms with Crippen molar-refractivity contribution in [3.63, 3.8) is 0 Å². The number of nitrogens with zero attached hydrogens (tertiary/aromatic N) is 3. The molecule has 2 aromatic rings. The molecule has 0 unspecified atom stereocenters. The van der Waals surface area contributed by atoms with Gasteiger partial charge in [-0.25, -0.2) is 4.79 Å². The first-order valence-corrected chi connectivity index (χ1v) is 8.75. The standard InChI is InChI=1S/C20H25N3O3/c1-20(2,3)14-8-6-13(7-9-14)18(24)23-11-10-15-16(12-23)22(4)21-17(15)19(25)26-5/h6-9H,10-12H2,1-5H3. The molecule has 0 bridgehead atoms. The summed E-state index contributed by atoms with van der Waals surface area (Å²) in [6.45, 7) is 7.45. The second-order valence-electron chi connectivity index (χ2n) is 7.69. The maximum Gasteiger partial charge on any atom is 0.358 e. The zero-order valence-electron chi connectivity index (χ0n) is 16.0. The summed E-state index contributed by atoms with van der Waals surface area (Å²) >= 11 is 0. The van der Waals surface area contributed by atoms with Crippen LogP contribution < -0.4 is 0 Å². The molecule has 0 aliphatic carbocycles. The lowest BCUT2D eigenvalue weighted by molar-refractivity contribution is 0.0591. The van der Waals surface area contributed by atoms with Gasteiger partial charge in [0.05, 0.1) is 19.3 Å². The first-order chi connectivity index (χ1) is 12.2. The van der Waals surface area contributed by atoms with E-state index < -0.39 is 5.97 Å². The molecule has 6 heteroatoms. The molecule has 0 radical (unpaired) electrons. The number of benzene rings is 1. The fraction of sp³-hybridized carbons (Fsp3) is 0.450. The molecule has 1 aromatic heterocycles. The van der Waals surface area contributed by atoms with Crippen molar-refractivity contribution in [2.45, 2.75) is 39.2 Å². The SMILES string of the molecule is COC(=O)c1nn(C)c2c1CCN(C(=O)c1ccc(C(C)(C)C)cc1)C2. The lowest BCUT2D eigenvalue weighted by Gasteiger charge is -2.28. The quantitative estimate of drug-likeness (QED) is 0.777. The van der Waals surface area contributed by atoms with E-state index in [-0.39, 0.29) is 11.3 Å². The van der Waals surface area contributed by atoms with Gasteiger partial charge in [-0.3, -0.25) is 9.48 Å². The third-order valence-corrected chi connectivity index (χ3v) is 4.91. The Balaban J connectivity index is 1.81. The first kappa shape index (κ1) is 18.2. The van der Waals surface area contributed by atoms with Gasteiger partial charge in [0.1, 0.15) is 0 Å². The summed E-state index contributed by atoms with van der Waals surface area (Å²) < 4.78 is 6.47. The molecule has 6 nitrogen and oxygen atoms in total. The molecule has 1 aromatic carbocycles. The van der Waals surface area contributed by atoms with E-state index in [1.807, 2.05) is 24.3 Å². The topological polar surface area (TPSA) is 64.4 Å². The molecular formula is C20H25N3O3. The van der Waals surface area contributed by atoms with Gasteiger partial charge in [0.25, 0.3) is 5.91 Å². The summed E-state index contributed by atoms with van der Waals surface area (Å²) in [5.41, 5.74) is 4.05. The van der Waals surface area contributed by atoms with Crippen LogP contribution in [-0.4, -0.2) is 40.2 Å². The Morgan fingerprint density at radius 2 is 1.81 bits per heavy atom. The van der Waals surface area contributed by atoms with Crippen molar-refractivity contribution in [1.82, 2.24) is 14.7 Å². The summed E-state index contributed by atoms with van der Waals surface area (Å²) in [6, 6.07) is 7.81. The molecule has 1 aliphatic rings. The van der Waals surface area contributed by atoms with E-state index in [1.54, 1.807) is 16.6 Å². The molecule has 0 atom stereocenters. The molecule has 0 saturated heterocycles. The van der Waals surface area contributed by atoms with Crippen molar-refractivity contribution in [3.8, 4) is 0 Å². The predicted octanol–water partition coefficient (Wildman–Crippen LogP) is 2.70. The third kappa shape index (κ3) is 3.23. The molecular weight excluding hydrogens is 330 g/mol. The second kappa shape index (κ2) is 6.59. The van der Waals surface area contributed by atoms with Crippen LogP contribution >= 0.6 is 0 Å². The number of carbonyl (C=O) groups is 2. The Morgan fingerprint density at radius 3 is 2.38 bits per heavy atom. The highest BCUT2D eigenvalue weighted by atomic mass is 16.5. The van der Waals surface area contributed by atoms with Crippen LogP contribution in [0.5, 0.6) is 0 Å². The Morgan fingerprint density at radius 1 is 1.15 bits per heavy atom. The second-order valence-corrected chi connectivity index (χ2v) is 7.69. The summed E-state index contributed by atoms with van der Waals surface area (Å²) in [7, 11) is 3.14. The Kier molecular flexibility index (Phi) is 4.61. The van der Waals surface area contributed by atoms with E-state index in [4.69, 9.17) is 4.74 Å². The highest BCUT2D eigenvalue weighted by Crippen LogP contribution is 2.25. The zero-order valence-corrected chi connectivity index (χ0v) is 16.0. The number of methoxy groups -OCH3 is 1. The van der Waals surface area contributed by atoms with Gasteiger partial charge >= 0.3 is 5.97 Å². The van der Waals surface area contributed by atoms with Gasteiger partial charge in [-0.1, -0.05) is 32.9 Å². The molecule has 0 spiro atoms. The largest absolute Gasteiger partial charge is 0.464 e. The maximum absolute atomic E-state index is 12.9. The third-order valence-electron chi connectivity index (χ3n) is 4.91. The lowest BCUT2D eigenvalue weighted by atomic mass is 9.86. The molecule has 0 fully saturated rings. The van der Waals surface area contributed by atoms with Crippen molar-refractivity contribution < 1.29 is 14.3 Å². The normalized spacial score (nSPS) is 14.1. The number of hydrogen-bond donors (Lipinski definition) is 0. The van der Waals surface area contributed by atoms with Crippen molar-refractivity contribution in [2.75, 3.05) is 13.7 Å². The highest BCUT2D eigenvalue weighted by molar-refractivity contribution is 5.94. The average Bonchev–Trinajstić information content (AvgIpc) is 2.96. The average molecular weight is 355 g/mol. The molecule has 1 amide bonds. The molecule has 138 valence electrons. The number of aryl methyl sites for hydroxylation is 1. The van der Waals surface area contributed by atoms with Gasteiger partial charge in [-0.2, -0.15) is 5.10 Å². The number of aromatic nitrogens is 2. The number of ether oxygens (including phenoxy) is 1. The van der Waals surface area contributed by atoms with E-state index in [1.165, 1.54) is 12.7 Å². The Bertz CT molecular complexity index is 844. The number of esters is 1. The van der Waals surface area contributed by atoms with Crippen molar-refractivity contribution in [3.05, 3.63) is 52.3 Å². The summed E-state index contributed by atoms with van der Waals surface area (Å²) in [5.74, 6) is -0.434. The highest BCUT2D eigenvalue weighted by Gasteiger charge is 2.30. The van der Waals surface area contributed by atoms with Crippen LogP contribution in [0.25, 0.3) is 0 Å². The number of rotatable bonds is 2. The lowest BCUT2D eigenvalue weighted by Crippen LogP contribution is -2.36. The van der Waals surface area contributed by atoms with Crippen LogP contribution in [0.4, 0.5) is 0 Å². The Hall–Kier alpha value is -2.63. The zero-order chi connectivity index (χ0) is 19.1. The van der Waals surface area contributed by atoms with Gasteiger partial charge in [0, 0.05) is 24.7 Å². The van der Waals surface area contributed by atoms with E-state index in [0.29, 0.717) is 30.8 Å². The smallest absolute Gasteiger partial charge is 0.358 e. The predicted molar refractivity (Wildman–Crippen MR) is 98.1 cm³/mol. The Labute approximate surface area is 153 Å². The van der Waals surface area contributed by atoms with E-state index in [9.17, 15) is 9.59 Å². The summed E-state index contributed by atoms with van der Waals surface area (Å²) in [6.07, 6.45) is 0.597. The number of fused-ring (bicyclic) bond motifs is 1. The van der Waals surface area contributed by atoms with Crippen LogP contribution in [0, 0.1) is 0 Å². The fourth-order valence-electron chi connectivity index (χ4n) is 3.30. The molecule has 3 rings (SSSR count). The van der Waals surface area contributed by atoms with Crippen LogP contribution in [0.1, 0.15) is 58.4 Å². The fourth-order valence-corrected chi connectivity index (χ4v) is 3.30. The summed E-state index contributed by atoms with van der Waals surface area (Å²) in [4.78, 5) is 26.6.